The summed E-state index contributed by atoms with van der Waals surface area (Å²) in [5, 5.41) is 12.8. The van der Waals surface area contributed by atoms with Crippen LogP contribution in [0.25, 0.3) is 6.08 Å². The van der Waals surface area contributed by atoms with Crippen LogP contribution in [0, 0.1) is 6.92 Å². The number of methoxy groups -OCH3 is 1. The zero-order valence-electron chi connectivity index (χ0n) is 11.7. The zero-order chi connectivity index (χ0) is 15.0. The van der Waals surface area contributed by atoms with Crippen LogP contribution in [0.3, 0.4) is 0 Å². The molecule has 1 amide bonds. The predicted molar refractivity (Wildman–Crippen MR) is 80.7 cm³/mol. The van der Waals surface area contributed by atoms with E-state index in [1.54, 1.807) is 6.08 Å². The quantitative estimate of drug-likeness (QED) is 0.758. The highest BCUT2D eigenvalue weighted by molar-refractivity contribution is 6.31. The molecule has 0 aliphatic carbocycles. The molecule has 1 aromatic rings. The van der Waals surface area contributed by atoms with Gasteiger partial charge in [0.25, 0.3) is 0 Å². The van der Waals surface area contributed by atoms with Crippen LogP contribution in [-0.2, 0) is 9.53 Å². The summed E-state index contributed by atoms with van der Waals surface area (Å²) in [6.45, 7) is 2.60. The van der Waals surface area contributed by atoms with Crippen LogP contribution in [0.4, 0.5) is 0 Å². The molecule has 1 unspecified atom stereocenters. The van der Waals surface area contributed by atoms with Gasteiger partial charge in [-0.1, -0.05) is 23.7 Å². The molecule has 0 heterocycles. The molecule has 0 aliphatic heterocycles. The van der Waals surface area contributed by atoms with Gasteiger partial charge in [-0.05, 0) is 36.6 Å². The van der Waals surface area contributed by atoms with Crippen molar-refractivity contribution in [2.45, 2.75) is 19.4 Å². The average Bonchev–Trinajstić information content (AvgIpc) is 2.40. The fourth-order valence-corrected chi connectivity index (χ4v) is 1.77. The molecule has 0 aliphatic rings. The largest absolute Gasteiger partial charge is 0.391 e. The van der Waals surface area contributed by atoms with Crippen LogP contribution in [0.2, 0.25) is 5.02 Å². The second-order valence-corrected chi connectivity index (χ2v) is 4.94. The van der Waals surface area contributed by atoms with Gasteiger partial charge in [-0.2, -0.15) is 0 Å². The van der Waals surface area contributed by atoms with E-state index in [2.05, 4.69) is 5.32 Å². The number of hydrogen-bond donors (Lipinski definition) is 2. The summed E-state index contributed by atoms with van der Waals surface area (Å²) >= 11 is 6.00. The molecule has 1 atom stereocenters. The first-order valence-electron chi connectivity index (χ1n) is 6.42. The second kappa shape index (κ2) is 8.74. The van der Waals surface area contributed by atoms with Crippen molar-refractivity contribution >= 4 is 23.6 Å². The van der Waals surface area contributed by atoms with Gasteiger partial charge in [0, 0.05) is 24.8 Å². The van der Waals surface area contributed by atoms with Crippen molar-refractivity contribution in [2.75, 3.05) is 20.3 Å². The van der Waals surface area contributed by atoms with Gasteiger partial charge >= 0.3 is 0 Å². The molecule has 1 aromatic carbocycles. The third-order valence-electron chi connectivity index (χ3n) is 2.76. The number of aliphatic hydroxyl groups is 1. The van der Waals surface area contributed by atoms with Crippen molar-refractivity contribution in [3.8, 4) is 0 Å². The Kier molecular flexibility index (Phi) is 7.30. The van der Waals surface area contributed by atoms with Gasteiger partial charge in [-0.15, -0.1) is 0 Å². The summed E-state index contributed by atoms with van der Waals surface area (Å²) < 4.78 is 4.80. The first-order valence-corrected chi connectivity index (χ1v) is 6.79. The van der Waals surface area contributed by atoms with E-state index < -0.39 is 6.10 Å². The van der Waals surface area contributed by atoms with Gasteiger partial charge in [0.2, 0.25) is 5.91 Å². The Balaban J connectivity index is 2.38. The lowest BCUT2D eigenvalue weighted by molar-refractivity contribution is -0.116. The molecule has 20 heavy (non-hydrogen) atoms. The number of aryl methyl sites for hydroxylation is 1. The van der Waals surface area contributed by atoms with E-state index in [1.165, 1.54) is 13.2 Å². The number of amides is 1. The first kappa shape index (κ1) is 16.7. The Morgan fingerprint density at radius 2 is 2.30 bits per heavy atom. The van der Waals surface area contributed by atoms with Crippen LogP contribution in [0.1, 0.15) is 17.5 Å². The van der Waals surface area contributed by atoms with Gasteiger partial charge in [0.05, 0.1) is 12.7 Å². The highest BCUT2D eigenvalue weighted by Crippen LogP contribution is 2.17. The SMILES string of the molecule is COCC(O)CCNC(=O)/C=C/c1ccc(C)c(Cl)c1. The van der Waals surface area contributed by atoms with Crippen LogP contribution in [-0.4, -0.2) is 37.4 Å². The third kappa shape index (κ3) is 6.19. The molecule has 110 valence electrons. The Morgan fingerprint density at radius 3 is 2.95 bits per heavy atom. The fourth-order valence-electron chi connectivity index (χ4n) is 1.58. The van der Waals surface area contributed by atoms with E-state index >= 15 is 0 Å². The van der Waals surface area contributed by atoms with Gasteiger partial charge in [-0.25, -0.2) is 0 Å². The zero-order valence-corrected chi connectivity index (χ0v) is 12.5. The lowest BCUT2D eigenvalue weighted by Gasteiger charge is -2.08. The van der Waals surface area contributed by atoms with Crippen molar-refractivity contribution in [2.24, 2.45) is 0 Å². The lowest BCUT2D eigenvalue weighted by atomic mass is 10.1. The molecule has 1 rings (SSSR count). The molecule has 5 heteroatoms. The van der Waals surface area contributed by atoms with Crippen LogP contribution in [0.5, 0.6) is 0 Å². The predicted octanol–water partition coefficient (Wildman–Crippen LogP) is 2.18. The van der Waals surface area contributed by atoms with Crippen molar-refractivity contribution in [3.63, 3.8) is 0 Å². The van der Waals surface area contributed by atoms with E-state index in [4.69, 9.17) is 16.3 Å². The number of nitrogens with one attached hydrogen (secondary N) is 1. The molecule has 4 nitrogen and oxygen atoms in total. The van der Waals surface area contributed by atoms with Gasteiger partial charge in [0.1, 0.15) is 0 Å². The lowest BCUT2D eigenvalue weighted by Crippen LogP contribution is -2.27. The number of carbonyl (C=O) groups excluding carboxylic acids is 1. The first-order chi connectivity index (χ1) is 9.52. The summed E-state index contributed by atoms with van der Waals surface area (Å²) in [5.74, 6) is -0.202. The van der Waals surface area contributed by atoms with Gasteiger partial charge in [0.15, 0.2) is 0 Å². The van der Waals surface area contributed by atoms with Crippen molar-refractivity contribution in [3.05, 3.63) is 40.4 Å². The normalized spacial score (nSPS) is 12.6. The molecule has 0 saturated heterocycles. The fraction of sp³-hybridized carbons (Fsp3) is 0.400. The molecule has 0 aromatic heterocycles. The maximum atomic E-state index is 11.6. The maximum Gasteiger partial charge on any atom is 0.244 e. The number of hydrogen-bond acceptors (Lipinski definition) is 3. The van der Waals surface area contributed by atoms with Crippen LogP contribution >= 0.6 is 11.6 Å². The van der Waals surface area contributed by atoms with Crippen molar-refractivity contribution in [1.82, 2.24) is 5.32 Å². The highest BCUT2D eigenvalue weighted by atomic mass is 35.5. The van der Waals surface area contributed by atoms with Crippen LogP contribution in [0.15, 0.2) is 24.3 Å². The summed E-state index contributed by atoms with van der Waals surface area (Å²) in [6, 6.07) is 5.61. The molecular formula is C15H20ClNO3. The topological polar surface area (TPSA) is 58.6 Å². The average molecular weight is 298 g/mol. The monoisotopic (exact) mass is 297 g/mol. The Hall–Kier alpha value is -1.36. The third-order valence-corrected chi connectivity index (χ3v) is 3.17. The number of aliphatic hydroxyl groups excluding tert-OH is 1. The molecule has 0 radical (unpaired) electrons. The number of benzene rings is 1. The second-order valence-electron chi connectivity index (χ2n) is 4.53. The summed E-state index contributed by atoms with van der Waals surface area (Å²) in [5.41, 5.74) is 1.87. The minimum atomic E-state index is -0.555. The molecule has 0 spiro atoms. The van der Waals surface area contributed by atoms with E-state index in [-0.39, 0.29) is 12.5 Å². The Bertz CT molecular complexity index is 474. The van der Waals surface area contributed by atoms with Gasteiger partial charge < -0.3 is 15.2 Å². The molecular weight excluding hydrogens is 278 g/mol. The van der Waals surface area contributed by atoms with E-state index in [1.807, 2.05) is 25.1 Å². The molecule has 0 bridgehead atoms. The minimum absolute atomic E-state index is 0.202. The van der Waals surface area contributed by atoms with Crippen LogP contribution < -0.4 is 5.32 Å². The summed E-state index contributed by atoms with van der Waals surface area (Å²) in [7, 11) is 1.53. The highest BCUT2D eigenvalue weighted by Gasteiger charge is 2.03. The minimum Gasteiger partial charge on any atom is -0.391 e. The van der Waals surface area contributed by atoms with Crippen molar-refractivity contribution < 1.29 is 14.6 Å². The van der Waals surface area contributed by atoms with E-state index in [9.17, 15) is 9.90 Å². The number of rotatable bonds is 7. The number of ether oxygens (including phenoxy) is 1. The number of carbonyl (C=O) groups is 1. The van der Waals surface area contributed by atoms with E-state index in [0.717, 1.165) is 11.1 Å². The molecule has 0 fully saturated rings. The summed E-state index contributed by atoms with van der Waals surface area (Å²) in [6.07, 6.45) is 3.06. The standard InChI is InChI=1S/C15H20ClNO3/c1-11-3-4-12(9-14(11)16)5-6-15(19)17-8-7-13(18)10-20-2/h3-6,9,13,18H,7-8,10H2,1-2H3,(H,17,19)/b6-5+. The Morgan fingerprint density at radius 1 is 1.55 bits per heavy atom. The van der Waals surface area contributed by atoms with Crippen molar-refractivity contribution in [1.29, 1.82) is 0 Å². The van der Waals surface area contributed by atoms with Gasteiger partial charge in [-0.3, -0.25) is 4.79 Å². The molecule has 0 saturated carbocycles. The van der Waals surface area contributed by atoms with E-state index in [0.29, 0.717) is 18.0 Å². The summed E-state index contributed by atoms with van der Waals surface area (Å²) in [4.78, 5) is 11.6. The maximum absolute atomic E-state index is 11.6. The smallest absolute Gasteiger partial charge is 0.244 e. The Labute approximate surface area is 124 Å². The number of halogens is 1. The molecule has 2 N–H and O–H groups in total.